The average Bonchev–Trinajstić information content (AvgIpc) is 3.37. The highest BCUT2D eigenvalue weighted by molar-refractivity contribution is 14.0. The molecule has 2 aliphatic rings. The lowest BCUT2D eigenvalue weighted by atomic mass is 9.96. The lowest BCUT2D eigenvalue weighted by molar-refractivity contribution is 0.288. The van der Waals surface area contributed by atoms with Crippen LogP contribution in [-0.4, -0.2) is 23.6 Å². The Hall–Kier alpha value is -1.05. The summed E-state index contributed by atoms with van der Waals surface area (Å²) in [5.41, 5.74) is 7.07. The number of aromatic nitrogens is 1. The highest BCUT2D eigenvalue weighted by Gasteiger charge is 2.22. The number of hydrogen-bond donors (Lipinski definition) is 2. The van der Waals surface area contributed by atoms with Gasteiger partial charge >= 0.3 is 0 Å². The van der Waals surface area contributed by atoms with Gasteiger partial charge in [0.05, 0.1) is 13.2 Å². The van der Waals surface area contributed by atoms with Gasteiger partial charge in [0.2, 0.25) is 5.88 Å². The molecule has 0 aromatic carbocycles. The van der Waals surface area contributed by atoms with Crippen molar-refractivity contribution in [2.24, 2.45) is 16.6 Å². The van der Waals surface area contributed by atoms with Crippen molar-refractivity contribution in [3.63, 3.8) is 0 Å². The van der Waals surface area contributed by atoms with Crippen LogP contribution in [0, 0.1) is 5.92 Å². The van der Waals surface area contributed by atoms with E-state index in [1.807, 2.05) is 12.1 Å². The Labute approximate surface area is 155 Å². The van der Waals surface area contributed by atoms with E-state index in [1.54, 1.807) is 6.20 Å². The minimum Gasteiger partial charge on any atom is -0.477 e. The zero-order chi connectivity index (χ0) is 15.2. The summed E-state index contributed by atoms with van der Waals surface area (Å²) in [4.78, 5) is 8.68. The zero-order valence-corrected chi connectivity index (χ0v) is 15.9. The Morgan fingerprint density at radius 2 is 2.04 bits per heavy atom. The standard InChI is InChI=1S/C17H26N4O.HI/c18-17(21-15-4-2-1-3-5-15)20-11-14-8-9-19-16(10-14)22-12-13-6-7-13;/h8-10,13,15H,1-7,11-12H2,(H3,18,20,21);1H. The first-order chi connectivity index (χ1) is 10.8. The summed E-state index contributed by atoms with van der Waals surface area (Å²) in [6.45, 7) is 1.35. The fourth-order valence-electron chi connectivity index (χ4n) is 2.79. The maximum Gasteiger partial charge on any atom is 0.213 e. The number of pyridine rings is 1. The molecule has 0 spiro atoms. The molecule has 2 aliphatic carbocycles. The predicted molar refractivity (Wildman–Crippen MR) is 103 cm³/mol. The SMILES string of the molecule is I.NC(=NCc1ccnc(OCC2CC2)c1)NC1CCCCC1. The fraction of sp³-hybridized carbons (Fsp3) is 0.647. The second kappa shape index (κ2) is 9.30. The van der Waals surface area contributed by atoms with E-state index in [0.29, 0.717) is 24.4 Å². The van der Waals surface area contributed by atoms with Gasteiger partial charge in [-0.2, -0.15) is 0 Å². The number of halogens is 1. The number of nitrogens with zero attached hydrogens (tertiary/aromatic N) is 2. The Balaban J connectivity index is 0.00000192. The van der Waals surface area contributed by atoms with E-state index in [-0.39, 0.29) is 24.0 Å². The lowest BCUT2D eigenvalue weighted by Crippen LogP contribution is -2.41. The third-order valence-electron chi connectivity index (χ3n) is 4.35. The molecule has 1 aromatic rings. The van der Waals surface area contributed by atoms with E-state index >= 15 is 0 Å². The Morgan fingerprint density at radius 1 is 1.26 bits per heavy atom. The Bertz CT molecular complexity index is 513. The minimum absolute atomic E-state index is 0. The monoisotopic (exact) mass is 430 g/mol. The van der Waals surface area contributed by atoms with Crippen molar-refractivity contribution >= 4 is 29.9 Å². The highest BCUT2D eigenvalue weighted by atomic mass is 127. The van der Waals surface area contributed by atoms with Crippen LogP contribution in [0.25, 0.3) is 0 Å². The zero-order valence-electron chi connectivity index (χ0n) is 13.5. The molecule has 0 aliphatic heterocycles. The van der Waals surface area contributed by atoms with Crippen molar-refractivity contribution in [3.05, 3.63) is 23.9 Å². The molecule has 1 heterocycles. The van der Waals surface area contributed by atoms with Gasteiger partial charge in [-0.1, -0.05) is 19.3 Å². The number of ether oxygens (including phenoxy) is 1. The molecule has 6 heteroatoms. The number of nitrogens with two attached hydrogens (primary N) is 1. The van der Waals surface area contributed by atoms with Gasteiger partial charge in [-0.3, -0.25) is 0 Å². The first-order valence-corrected chi connectivity index (χ1v) is 8.44. The van der Waals surface area contributed by atoms with Gasteiger partial charge in [0.15, 0.2) is 5.96 Å². The molecule has 3 N–H and O–H groups in total. The quantitative estimate of drug-likeness (QED) is 0.413. The van der Waals surface area contributed by atoms with Crippen molar-refractivity contribution in [2.75, 3.05) is 6.61 Å². The normalized spacial score (nSPS) is 19.0. The minimum atomic E-state index is 0. The van der Waals surface area contributed by atoms with Gasteiger partial charge in [0.1, 0.15) is 0 Å². The van der Waals surface area contributed by atoms with Gasteiger partial charge in [-0.15, -0.1) is 24.0 Å². The molecule has 1 aromatic heterocycles. The van der Waals surface area contributed by atoms with Crippen LogP contribution in [0.15, 0.2) is 23.3 Å². The molecule has 0 saturated heterocycles. The molecule has 5 nitrogen and oxygen atoms in total. The largest absolute Gasteiger partial charge is 0.477 e. The summed E-state index contributed by atoms with van der Waals surface area (Å²) in [5, 5.41) is 3.33. The fourth-order valence-corrected chi connectivity index (χ4v) is 2.79. The molecular weight excluding hydrogens is 403 g/mol. The Morgan fingerprint density at radius 3 is 2.78 bits per heavy atom. The molecule has 0 radical (unpaired) electrons. The van der Waals surface area contributed by atoms with E-state index in [2.05, 4.69) is 15.3 Å². The summed E-state index contributed by atoms with van der Waals surface area (Å²) >= 11 is 0. The van der Waals surface area contributed by atoms with E-state index < -0.39 is 0 Å². The number of nitrogens with one attached hydrogen (secondary N) is 1. The summed E-state index contributed by atoms with van der Waals surface area (Å²) in [7, 11) is 0. The molecule has 2 fully saturated rings. The summed E-state index contributed by atoms with van der Waals surface area (Å²) in [5.74, 6) is 1.97. The van der Waals surface area contributed by atoms with E-state index in [4.69, 9.17) is 10.5 Å². The second-order valence-electron chi connectivity index (χ2n) is 6.44. The third kappa shape index (κ3) is 6.53. The van der Waals surface area contributed by atoms with Crippen LogP contribution in [0.1, 0.15) is 50.5 Å². The Kier molecular flexibility index (Phi) is 7.39. The molecular formula is C17H27IN4O. The van der Waals surface area contributed by atoms with Crippen LogP contribution < -0.4 is 15.8 Å². The first kappa shape index (κ1) is 18.3. The van der Waals surface area contributed by atoms with Crippen molar-refractivity contribution in [2.45, 2.75) is 57.5 Å². The van der Waals surface area contributed by atoms with Crippen molar-refractivity contribution in [3.8, 4) is 5.88 Å². The van der Waals surface area contributed by atoms with E-state index in [0.717, 1.165) is 18.1 Å². The molecule has 0 atom stereocenters. The topological polar surface area (TPSA) is 72.5 Å². The van der Waals surface area contributed by atoms with Crippen LogP contribution in [0.3, 0.4) is 0 Å². The highest BCUT2D eigenvalue weighted by Crippen LogP contribution is 2.29. The van der Waals surface area contributed by atoms with Crippen LogP contribution in [0.5, 0.6) is 5.88 Å². The van der Waals surface area contributed by atoms with Crippen LogP contribution in [0.4, 0.5) is 0 Å². The second-order valence-corrected chi connectivity index (χ2v) is 6.44. The smallest absolute Gasteiger partial charge is 0.213 e. The van der Waals surface area contributed by atoms with Gasteiger partial charge in [-0.05, 0) is 43.2 Å². The van der Waals surface area contributed by atoms with Crippen molar-refractivity contribution in [1.82, 2.24) is 10.3 Å². The van der Waals surface area contributed by atoms with Crippen molar-refractivity contribution in [1.29, 1.82) is 0 Å². The maximum atomic E-state index is 5.99. The van der Waals surface area contributed by atoms with Crippen molar-refractivity contribution < 1.29 is 4.74 Å². The van der Waals surface area contributed by atoms with Gasteiger partial charge in [-0.25, -0.2) is 9.98 Å². The van der Waals surface area contributed by atoms with Crippen LogP contribution >= 0.6 is 24.0 Å². The number of rotatable bonds is 6. The summed E-state index contributed by atoms with van der Waals surface area (Å²) < 4.78 is 5.69. The molecule has 0 bridgehead atoms. The number of hydrogen-bond acceptors (Lipinski definition) is 3. The van der Waals surface area contributed by atoms with Gasteiger partial charge in [0, 0.05) is 18.3 Å². The lowest BCUT2D eigenvalue weighted by Gasteiger charge is -2.23. The first-order valence-electron chi connectivity index (χ1n) is 8.44. The average molecular weight is 430 g/mol. The summed E-state index contributed by atoms with van der Waals surface area (Å²) in [6.07, 6.45) is 10.7. The van der Waals surface area contributed by atoms with Crippen LogP contribution in [0.2, 0.25) is 0 Å². The number of guanidine groups is 1. The molecule has 128 valence electrons. The van der Waals surface area contributed by atoms with E-state index in [1.165, 1.54) is 44.9 Å². The summed E-state index contributed by atoms with van der Waals surface area (Å²) in [6, 6.07) is 4.41. The van der Waals surface area contributed by atoms with Gasteiger partial charge in [0.25, 0.3) is 0 Å². The predicted octanol–water partition coefficient (Wildman–Crippen LogP) is 3.23. The molecule has 2 saturated carbocycles. The molecule has 3 rings (SSSR count). The molecule has 23 heavy (non-hydrogen) atoms. The molecule has 0 unspecified atom stereocenters. The maximum absolute atomic E-state index is 5.99. The van der Waals surface area contributed by atoms with Gasteiger partial charge < -0.3 is 15.8 Å². The number of aliphatic imine (C=N–C) groups is 1. The molecule has 0 amide bonds. The third-order valence-corrected chi connectivity index (χ3v) is 4.35. The van der Waals surface area contributed by atoms with E-state index in [9.17, 15) is 0 Å². The van der Waals surface area contributed by atoms with Crippen LogP contribution in [-0.2, 0) is 6.54 Å².